The third-order valence-electron chi connectivity index (χ3n) is 4.95. The van der Waals surface area contributed by atoms with Gasteiger partial charge in [-0.3, -0.25) is 9.48 Å². The molecule has 0 spiro atoms. The van der Waals surface area contributed by atoms with Crippen LogP contribution in [0.2, 0.25) is 5.15 Å². The Hall–Kier alpha value is -3.39. The topological polar surface area (TPSA) is 107 Å². The highest BCUT2D eigenvalue weighted by Gasteiger charge is 2.53. The van der Waals surface area contributed by atoms with E-state index in [1.165, 1.54) is 20.8 Å². The Labute approximate surface area is 211 Å². The van der Waals surface area contributed by atoms with Gasteiger partial charge in [0.25, 0.3) is 0 Å². The van der Waals surface area contributed by atoms with Crippen molar-refractivity contribution in [3.05, 3.63) is 52.3 Å². The molecule has 194 valence electrons. The summed E-state index contributed by atoms with van der Waals surface area (Å²) >= 11 is 6.02. The van der Waals surface area contributed by atoms with E-state index in [1.807, 2.05) is 0 Å². The van der Waals surface area contributed by atoms with Crippen molar-refractivity contribution in [3.63, 3.8) is 0 Å². The number of rotatable bonds is 9. The van der Waals surface area contributed by atoms with E-state index < -0.39 is 51.8 Å². The summed E-state index contributed by atoms with van der Waals surface area (Å²) in [5, 5.41) is 16.8. The van der Waals surface area contributed by atoms with Crippen LogP contribution in [0.15, 0.2) is 35.5 Å². The molecule has 8 nitrogen and oxygen atoms in total. The second kappa shape index (κ2) is 11.1. The maximum Gasteiger partial charge on any atom is 0.435 e. The van der Waals surface area contributed by atoms with Crippen molar-refractivity contribution in [1.29, 1.82) is 5.26 Å². The van der Waals surface area contributed by atoms with Gasteiger partial charge in [0.05, 0.1) is 17.3 Å². The molecule has 2 aromatic rings. The monoisotopic (exact) mass is 526 g/mol. The minimum absolute atomic E-state index is 0.179. The number of alkyl halides is 3. The van der Waals surface area contributed by atoms with Crippen molar-refractivity contribution in [2.75, 3.05) is 6.61 Å². The highest BCUT2D eigenvalue weighted by molar-refractivity contribution is 6.34. The summed E-state index contributed by atoms with van der Waals surface area (Å²) in [5.41, 5.74) is -5.66. The molecular weight excluding hydrogens is 501 g/mol. The van der Waals surface area contributed by atoms with E-state index in [1.54, 1.807) is 43.3 Å². The first kappa shape index (κ1) is 28.8. The zero-order valence-electron chi connectivity index (χ0n) is 20.4. The average molecular weight is 527 g/mol. The number of halogens is 4. The first-order valence-electron chi connectivity index (χ1n) is 10.9. The van der Waals surface area contributed by atoms with Crippen LogP contribution in [-0.4, -0.2) is 39.5 Å². The molecule has 0 fully saturated rings. The van der Waals surface area contributed by atoms with Gasteiger partial charge in [-0.25, -0.2) is 4.79 Å². The molecule has 1 aromatic heterocycles. The van der Waals surface area contributed by atoms with Crippen LogP contribution < -0.4 is 0 Å². The van der Waals surface area contributed by atoms with Crippen molar-refractivity contribution >= 4 is 29.1 Å². The molecule has 1 atom stereocenters. The number of carbonyl (C=O) groups is 2. The number of Topliss-reactive ketones (excluding diaryl/α,β-unsaturated/α-hetero) is 1. The fraction of sp³-hybridized carbons (Fsp3) is 0.458. The van der Waals surface area contributed by atoms with Gasteiger partial charge < -0.3 is 9.57 Å². The van der Waals surface area contributed by atoms with Gasteiger partial charge in [-0.2, -0.15) is 23.5 Å². The molecule has 0 amide bonds. The first-order valence-corrected chi connectivity index (χ1v) is 11.3. The minimum atomic E-state index is -5.07. The van der Waals surface area contributed by atoms with E-state index in [-0.39, 0.29) is 18.7 Å². The number of oxime groups is 1. The maximum atomic E-state index is 13.7. The van der Waals surface area contributed by atoms with Crippen molar-refractivity contribution in [3.8, 4) is 6.07 Å². The fourth-order valence-corrected chi connectivity index (χ4v) is 3.48. The smallest absolute Gasteiger partial charge is 0.435 e. The molecular formula is C24H26ClF3N4O4. The van der Waals surface area contributed by atoms with Gasteiger partial charge in [-0.1, -0.05) is 47.1 Å². The number of esters is 1. The molecule has 0 bridgehead atoms. The lowest BCUT2D eigenvalue weighted by Gasteiger charge is -2.28. The Bertz CT molecular complexity index is 1180. The number of aromatic nitrogens is 2. The van der Waals surface area contributed by atoms with E-state index in [2.05, 4.69) is 10.3 Å². The summed E-state index contributed by atoms with van der Waals surface area (Å²) < 4.78 is 47.1. The van der Waals surface area contributed by atoms with E-state index in [0.29, 0.717) is 10.2 Å². The molecule has 12 heteroatoms. The lowest BCUT2D eigenvalue weighted by atomic mass is 9.76. The number of aryl methyl sites for hydroxylation is 1. The number of carbonyl (C=O) groups excluding carboxylic acids is 2. The van der Waals surface area contributed by atoms with Crippen LogP contribution in [0, 0.1) is 16.7 Å². The second-order valence-electron chi connectivity index (χ2n) is 8.81. The molecule has 0 aliphatic carbocycles. The molecule has 2 rings (SSSR count). The predicted molar refractivity (Wildman–Crippen MR) is 125 cm³/mol. The molecule has 0 radical (unpaired) electrons. The van der Waals surface area contributed by atoms with Crippen LogP contribution >= 0.6 is 11.6 Å². The molecule has 1 aromatic carbocycles. The van der Waals surface area contributed by atoms with Gasteiger partial charge >= 0.3 is 12.1 Å². The molecule has 36 heavy (non-hydrogen) atoms. The van der Waals surface area contributed by atoms with E-state index in [9.17, 15) is 28.0 Å². The highest BCUT2D eigenvalue weighted by atomic mass is 35.5. The van der Waals surface area contributed by atoms with Gasteiger partial charge in [0.2, 0.25) is 5.41 Å². The van der Waals surface area contributed by atoms with E-state index >= 15 is 0 Å². The number of ketones is 1. The Morgan fingerprint density at radius 3 is 2.31 bits per heavy atom. The first-order chi connectivity index (χ1) is 16.7. The predicted octanol–water partition coefficient (Wildman–Crippen LogP) is 5.35. The SMILES string of the molecule is CCON=C(CCC(C#N)(C(=O)OC(C)(C)C)C(=O)c1c(C(F)(F)F)nn(C)c1Cl)c1ccccc1. The summed E-state index contributed by atoms with van der Waals surface area (Å²) in [6, 6.07) is 10.2. The van der Waals surface area contributed by atoms with Crippen LogP contribution in [0.3, 0.4) is 0 Å². The Morgan fingerprint density at radius 2 is 1.81 bits per heavy atom. The Balaban J connectivity index is 2.66. The summed E-state index contributed by atoms with van der Waals surface area (Å²) in [4.78, 5) is 32.1. The summed E-state index contributed by atoms with van der Waals surface area (Å²) in [6.45, 7) is 6.41. The average Bonchev–Trinajstić information content (AvgIpc) is 3.10. The van der Waals surface area contributed by atoms with Crippen molar-refractivity contribution in [2.24, 2.45) is 17.6 Å². The quantitative estimate of drug-likeness (QED) is 0.143. The van der Waals surface area contributed by atoms with E-state index in [0.717, 1.165) is 7.05 Å². The number of nitrogens with zero attached hydrogens (tertiary/aromatic N) is 4. The number of nitriles is 1. The van der Waals surface area contributed by atoms with Crippen molar-refractivity contribution < 1.29 is 32.3 Å². The summed E-state index contributed by atoms with van der Waals surface area (Å²) in [7, 11) is 1.11. The number of hydrogen-bond donors (Lipinski definition) is 0. The molecule has 1 unspecified atom stereocenters. The van der Waals surface area contributed by atoms with Crippen LogP contribution in [0.25, 0.3) is 0 Å². The lowest BCUT2D eigenvalue weighted by molar-refractivity contribution is -0.162. The van der Waals surface area contributed by atoms with Gasteiger partial charge in [-0.05, 0) is 46.1 Å². The molecule has 0 saturated carbocycles. The Morgan fingerprint density at radius 1 is 1.19 bits per heavy atom. The molecule has 0 N–H and O–H groups in total. The number of ether oxygens (including phenoxy) is 1. The van der Waals surface area contributed by atoms with Gasteiger partial charge in [0, 0.05) is 7.05 Å². The molecule has 0 aliphatic rings. The zero-order chi connectivity index (χ0) is 27.3. The van der Waals surface area contributed by atoms with Gasteiger partial charge in [0.1, 0.15) is 17.4 Å². The summed E-state index contributed by atoms with van der Waals surface area (Å²) in [5.74, 6) is -2.77. The van der Waals surface area contributed by atoms with Crippen molar-refractivity contribution in [1.82, 2.24) is 9.78 Å². The van der Waals surface area contributed by atoms with E-state index in [4.69, 9.17) is 21.2 Å². The number of benzene rings is 1. The molecule has 0 saturated heterocycles. The number of hydrogen-bond acceptors (Lipinski definition) is 7. The van der Waals surface area contributed by atoms with Crippen LogP contribution in [-0.2, 0) is 27.6 Å². The van der Waals surface area contributed by atoms with Crippen molar-refractivity contribution in [2.45, 2.75) is 52.3 Å². The molecule has 1 heterocycles. The zero-order valence-corrected chi connectivity index (χ0v) is 21.2. The maximum absolute atomic E-state index is 13.7. The third kappa shape index (κ3) is 6.43. The fourth-order valence-electron chi connectivity index (χ4n) is 3.26. The normalized spacial score (nSPS) is 14.1. The van der Waals surface area contributed by atoms with Crippen LogP contribution in [0.1, 0.15) is 62.2 Å². The summed E-state index contributed by atoms with van der Waals surface area (Å²) in [6.07, 6.45) is -5.81. The van der Waals surface area contributed by atoms with Gasteiger partial charge in [-0.15, -0.1) is 0 Å². The third-order valence-corrected chi connectivity index (χ3v) is 5.38. The standard InChI is InChI=1S/C24H26ClF3N4O4/c1-6-35-31-16(15-10-8-7-9-11-15)12-13-23(14-29,21(34)36-22(2,3)4)19(33)17-18(24(26,27)28)30-32(5)20(17)25/h7-11H,6,12-13H2,1-5H3. The highest BCUT2D eigenvalue weighted by Crippen LogP contribution is 2.40. The van der Waals surface area contributed by atoms with Gasteiger partial charge in [0.15, 0.2) is 11.5 Å². The molecule has 0 aliphatic heterocycles. The largest absolute Gasteiger partial charge is 0.458 e. The van der Waals surface area contributed by atoms with Crippen LogP contribution in [0.5, 0.6) is 0 Å². The second-order valence-corrected chi connectivity index (χ2v) is 9.16. The lowest BCUT2D eigenvalue weighted by Crippen LogP contribution is -2.43. The van der Waals surface area contributed by atoms with Crippen LogP contribution in [0.4, 0.5) is 13.2 Å². The minimum Gasteiger partial charge on any atom is -0.458 e. The Kier molecular flexibility index (Phi) is 8.91.